The van der Waals surface area contributed by atoms with Crippen LogP contribution in [0.25, 0.3) is 0 Å². The quantitative estimate of drug-likeness (QED) is 0.639. The van der Waals surface area contributed by atoms with E-state index in [0.29, 0.717) is 22.8 Å². The number of ether oxygens (including phenoxy) is 3. The predicted octanol–water partition coefficient (Wildman–Crippen LogP) is 0.725. The second-order valence-electron chi connectivity index (χ2n) is 3.34. The average molecular weight is 243 g/mol. The molecule has 0 amide bonds. The van der Waals surface area contributed by atoms with Gasteiger partial charge < -0.3 is 24.5 Å². The first kappa shape index (κ1) is 13.6. The molecular weight excluding hydrogens is 226 g/mol. The molecule has 0 heterocycles. The molecule has 0 fully saturated rings. The summed E-state index contributed by atoms with van der Waals surface area (Å²) in [5.41, 5.74) is 2.46. The zero-order chi connectivity index (χ0) is 12.8. The maximum absolute atomic E-state index is 9.75. The van der Waals surface area contributed by atoms with E-state index < -0.39 is 6.10 Å². The first-order chi connectivity index (χ1) is 8.17. The minimum absolute atomic E-state index is 0.0125. The SMILES string of the molecule is COc1cc(C(O)CNO)cc(OC)c1OC. The normalized spacial score (nSPS) is 12.1. The van der Waals surface area contributed by atoms with E-state index in [9.17, 15) is 5.11 Å². The molecule has 6 nitrogen and oxygen atoms in total. The summed E-state index contributed by atoms with van der Waals surface area (Å²) in [7, 11) is 4.50. The third-order valence-corrected chi connectivity index (χ3v) is 2.36. The van der Waals surface area contributed by atoms with Gasteiger partial charge in [0, 0.05) is 0 Å². The van der Waals surface area contributed by atoms with Gasteiger partial charge in [0.15, 0.2) is 11.5 Å². The third kappa shape index (κ3) is 3.00. The summed E-state index contributed by atoms with van der Waals surface area (Å²) in [4.78, 5) is 0. The summed E-state index contributed by atoms with van der Waals surface area (Å²) < 4.78 is 15.5. The molecule has 1 aromatic carbocycles. The summed E-state index contributed by atoms with van der Waals surface area (Å²) in [5, 5.41) is 18.3. The van der Waals surface area contributed by atoms with Crippen molar-refractivity contribution in [3.05, 3.63) is 17.7 Å². The monoisotopic (exact) mass is 243 g/mol. The lowest BCUT2D eigenvalue weighted by Crippen LogP contribution is -2.17. The van der Waals surface area contributed by atoms with Crippen molar-refractivity contribution >= 4 is 0 Å². The highest BCUT2D eigenvalue weighted by atomic mass is 16.5. The van der Waals surface area contributed by atoms with Crippen molar-refractivity contribution in [1.29, 1.82) is 0 Å². The summed E-state index contributed by atoms with van der Waals surface area (Å²) in [6.45, 7) is 0.0125. The van der Waals surface area contributed by atoms with E-state index >= 15 is 0 Å². The van der Waals surface area contributed by atoms with Crippen molar-refractivity contribution in [1.82, 2.24) is 5.48 Å². The second-order valence-corrected chi connectivity index (χ2v) is 3.34. The number of hydroxylamine groups is 1. The number of methoxy groups -OCH3 is 3. The second kappa shape index (κ2) is 6.29. The molecule has 0 saturated carbocycles. The fourth-order valence-corrected chi connectivity index (χ4v) is 1.50. The third-order valence-electron chi connectivity index (χ3n) is 2.36. The topological polar surface area (TPSA) is 80.2 Å². The molecule has 0 radical (unpaired) electrons. The molecule has 0 bridgehead atoms. The van der Waals surface area contributed by atoms with Crippen LogP contribution in [-0.4, -0.2) is 38.2 Å². The molecule has 1 atom stereocenters. The number of nitrogens with one attached hydrogen (secondary N) is 1. The molecule has 1 unspecified atom stereocenters. The molecule has 17 heavy (non-hydrogen) atoms. The molecule has 96 valence electrons. The van der Waals surface area contributed by atoms with Crippen molar-refractivity contribution < 1.29 is 24.5 Å². The van der Waals surface area contributed by atoms with Gasteiger partial charge in [-0.15, -0.1) is 0 Å². The van der Waals surface area contributed by atoms with Gasteiger partial charge in [-0.05, 0) is 17.7 Å². The Morgan fingerprint density at radius 2 is 1.65 bits per heavy atom. The molecule has 0 aromatic heterocycles. The maximum Gasteiger partial charge on any atom is 0.203 e. The highest BCUT2D eigenvalue weighted by Gasteiger charge is 2.16. The van der Waals surface area contributed by atoms with E-state index in [1.54, 1.807) is 12.1 Å². The van der Waals surface area contributed by atoms with Crippen LogP contribution in [0.5, 0.6) is 17.2 Å². The minimum atomic E-state index is -0.867. The average Bonchev–Trinajstić information content (AvgIpc) is 2.37. The van der Waals surface area contributed by atoms with Crippen molar-refractivity contribution in [2.75, 3.05) is 27.9 Å². The van der Waals surface area contributed by atoms with Crippen molar-refractivity contribution in [2.24, 2.45) is 0 Å². The van der Waals surface area contributed by atoms with Crippen LogP contribution in [0.1, 0.15) is 11.7 Å². The van der Waals surface area contributed by atoms with Gasteiger partial charge >= 0.3 is 0 Å². The first-order valence-corrected chi connectivity index (χ1v) is 5.02. The fourth-order valence-electron chi connectivity index (χ4n) is 1.50. The zero-order valence-electron chi connectivity index (χ0n) is 10.1. The molecule has 0 aliphatic rings. The van der Waals surface area contributed by atoms with E-state index in [1.807, 2.05) is 5.48 Å². The van der Waals surface area contributed by atoms with E-state index in [0.717, 1.165) is 0 Å². The van der Waals surface area contributed by atoms with Crippen molar-refractivity contribution in [3.8, 4) is 17.2 Å². The van der Waals surface area contributed by atoms with Crippen LogP contribution >= 0.6 is 0 Å². The molecule has 0 saturated heterocycles. The number of hydrogen-bond donors (Lipinski definition) is 3. The lowest BCUT2D eigenvalue weighted by Gasteiger charge is -2.16. The van der Waals surface area contributed by atoms with Gasteiger partial charge in [-0.1, -0.05) is 0 Å². The molecular formula is C11H17NO5. The van der Waals surface area contributed by atoms with Crippen LogP contribution in [0.2, 0.25) is 0 Å². The summed E-state index contributed by atoms with van der Waals surface area (Å²) in [6.07, 6.45) is -0.867. The minimum Gasteiger partial charge on any atom is -0.493 e. The molecule has 0 aliphatic carbocycles. The van der Waals surface area contributed by atoms with E-state index in [2.05, 4.69) is 0 Å². The standard InChI is InChI=1S/C11H17NO5/c1-15-9-4-7(8(13)6-12-14)5-10(16-2)11(9)17-3/h4-5,8,12-14H,6H2,1-3H3. The highest BCUT2D eigenvalue weighted by Crippen LogP contribution is 2.39. The molecule has 0 spiro atoms. The molecule has 3 N–H and O–H groups in total. The van der Waals surface area contributed by atoms with Crippen LogP contribution in [0, 0.1) is 0 Å². The largest absolute Gasteiger partial charge is 0.493 e. The van der Waals surface area contributed by atoms with Gasteiger partial charge in [-0.2, -0.15) is 0 Å². The van der Waals surface area contributed by atoms with Gasteiger partial charge in [-0.3, -0.25) is 0 Å². The van der Waals surface area contributed by atoms with Crippen molar-refractivity contribution in [3.63, 3.8) is 0 Å². The Balaban J connectivity index is 3.17. The van der Waals surface area contributed by atoms with Gasteiger partial charge in [0.25, 0.3) is 0 Å². The van der Waals surface area contributed by atoms with Gasteiger partial charge in [0.05, 0.1) is 34.0 Å². The number of hydrogen-bond acceptors (Lipinski definition) is 6. The smallest absolute Gasteiger partial charge is 0.203 e. The Kier molecular flexibility index (Phi) is 5.02. The van der Waals surface area contributed by atoms with Gasteiger partial charge in [0.1, 0.15) is 0 Å². The number of benzene rings is 1. The molecule has 0 aliphatic heterocycles. The Morgan fingerprint density at radius 1 is 1.12 bits per heavy atom. The summed E-state index contributed by atoms with van der Waals surface area (Å²) >= 11 is 0. The van der Waals surface area contributed by atoms with Gasteiger partial charge in [-0.25, -0.2) is 5.48 Å². The number of rotatable bonds is 6. The summed E-state index contributed by atoms with van der Waals surface area (Å²) in [5.74, 6) is 1.38. The van der Waals surface area contributed by atoms with Crippen LogP contribution in [-0.2, 0) is 0 Å². The fraction of sp³-hybridized carbons (Fsp3) is 0.455. The molecule has 1 aromatic rings. The zero-order valence-corrected chi connectivity index (χ0v) is 10.1. The number of aliphatic hydroxyl groups excluding tert-OH is 1. The Morgan fingerprint density at radius 3 is 2.00 bits per heavy atom. The molecule has 6 heteroatoms. The van der Waals surface area contributed by atoms with Gasteiger partial charge in [0.2, 0.25) is 5.75 Å². The molecule has 1 rings (SSSR count). The predicted molar refractivity (Wildman–Crippen MR) is 60.8 cm³/mol. The van der Waals surface area contributed by atoms with Crippen LogP contribution in [0.3, 0.4) is 0 Å². The van der Waals surface area contributed by atoms with Crippen LogP contribution in [0.15, 0.2) is 12.1 Å². The number of aliphatic hydroxyl groups is 1. The van der Waals surface area contributed by atoms with Crippen molar-refractivity contribution in [2.45, 2.75) is 6.10 Å². The Hall–Kier alpha value is -1.50. The lowest BCUT2D eigenvalue weighted by molar-refractivity contribution is 0.0918. The van der Waals surface area contributed by atoms with E-state index in [4.69, 9.17) is 19.4 Å². The van der Waals surface area contributed by atoms with E-state index in [1.165, 1.54) is 21.3 Å². The first-order valence-electron chi connectivity index (χ1n) is 5.02. The van der Waals surface area contributed by atoms with Crippen LogP contribution in [0.4, 0.5) is 0 Å². The van der Waals surface area contributed by atoms with Crippen LogP contribution < -0.4 is 19.7 Å². The lowest BCUT2D eigenvalue weighted by atomic mass is 10.1. The maximum atomic E-state index is 9.75. The highest BCUT2D eigenvalue weighted by molar-refractivity contribution is 5.54. The Bertz CT molecular complexity index is 344. The Labute approximate surface area is 99.7 Å². The van der Waals surface area contributed by atoms with E-state index in [-0.39, 0.29) is 6.54 Å². The summed E-state index contributed by atoms with van der Waals surface area (Å²) in [6, 6.07) is 3.26.